The molecule has 0 bridgehead atoms. The summed E-state index contributed by atoms with van der Waals surface area (Å²) in [4.78, 5) is 30.6. The minimum atomic E-state index is -2.15. The zero-order chi connectivity index (χ0) is 34.1. The zero-order valence-electron chi connectivity index (χ0n) is 29.3. The molecule has 4 atom stereocenters. The average Bonchev–Trinajstić information content (AvgIpc) is 3.40. The lowest BCUT2D eigenvalue weighted by molar-refractivity contribution is -0.135. The Labute approximate surface area is 288 Å². The lowest BCUT2D eigenvalue weighted by Crippen LogP contribution is -2.51. The summed E-state index contributed by atoms with van der Waals surface area (Å²) in [7, 11) is -0.458. The van der Waals surface area contributed by atoms with Gasteiger partial charge in [0.1, 0.15) is 5.75 Å². The molecule has 5 rings (SSSR count). The molecule has 0 radical (unpaired) electrons. The molecule has 2 aliphatic rings. The largest absolute Gasteiger partial charge is 0.497 e. The maximum absolute atomic E-state index is 13.9. The van der Waals surface area contributed by atoms with Gasteiger partial charge in [-0.05, 0) is 72.5 Å². The van der Waals surface area contributed by atoms with Crippen LogP contribution in [0.5, 0.6) is 5.75 Å². The molecule has 3 aromatic carbocycles. The number of benzene rings is 3. The van der Waals surface area contributed by atoms with E-state index in [2.05, 4.69) is 56.4 Å². The number of ether oxygens (including phenoxy) is 2. The van der Waals surface area contributed by atoms with Crippen LogP contribution in [0.25, 0.3) is 0 Å². The highest BCUT2D eigenvalue weighted by Crippen LogP contribution is 2.46. The molecule has 1 N–H and O–H groups in total. The number of hydrogen-bond acceptors (Lipinski definition) is 5. The molecule has 0 aromatic heterocycles. The third-order valence-corrected chi connectivity index (χ3v) is 15.0. The second kappa shape index (κ2) is 16.8. The lowest BCUT2D eigenvalue weighted by atomic mass is 9.94. The first-order valence-corrected chi connectivity index (χ1v) is 20.9. The average molecular weight is 671 g/mol. The van der Waals surface area contributed by atoms with Crippen LogP contribution in [-0.2, 0) is 27.3 Å². The predicted octanol–water partition coefficient (Wildman–Crippen LogP) is 6.73. The molecule has 258 valence electrons. The van der Waals surface area contributed by atoms with E-state index < -0.39 is 8.07 Å². The van der Waals surface area contributed by atoms with Crippen LogP contribution in [0.1, 0.15) is 63.0 Å². The minimum absolute atomic E-state index is 0.00484. The van der Waals surface area contributed by atoms with Crippen LogP contribution in [0.3, 0.4) is 0 Å². The van der Waals surface area contributed by atoms with Crippen molar-refractivity contribution in [2.75, 3.05) is 31.7 Å². The minimum Gasteiger partial charge on any atom is -0.497 e. The van der Waals surface area contributed by atoms with E-state index >= 15 is 0 Å². The highest BCUT2D eigenvalue weighted by atomic mass is 28.3. The van der Waals surface area contributed by atoms with E-state index in [1.165, 1.54) is 17.2 Å². The predicted molar refractivity (Wildman–Crippen MR) is 195 cm³/mol. The third-order valence-electron chi connectivity index (χ3n) is 10.6. The molecule has 3 aromatic rings. The number of anilines is 1. The van der Waals surface area contributed by atoms with Crippen molar-refractivity contribution in [3.63, 3.8) is 0 Å². The number of aryl methyl sites for hydroxylation is 1. The van der Waals surface area contributed by atoms with Gasteiger partial charge in [-0.25, -0.2) is 0 Å². The van der Waals surface area contributed by atoms with Gasteiger partial charge in [0.2, 0.25) is 11.8 Å². The smallest absolute Gasteiger partial charge is 0.226 e. The topological polar surface area (TPSA) is 79.3 Å². The van der Waals surface area contributed by atoms with E-state index in [4.69, 9.17) is 9.47 Å². The van der Waals surface area contributed by atoms with E-state index in [9.17, 15) is 14.7 Å². The fourth-order valence-corrected chi connectivity index (χ4v) is 12.0. The van der Waals surface area contributed by atoms with Crippen molar-refractivity contribution in [3.05, 3.63) is 90.0 Å². The van der Waals surface area contributed by atoms with Gasteiger partial charge >= 0.3 is 0 Å². The lowest BCUT2D eigenvalue weighted by Gasteiger charge is -2.36. The summed E-state index contributed by atoms with van der Waals surface area (Å²) in [6.07, 6.45) is 6.70. The molecule has 0 aliphatic carbocycles. The maximum atomic E-state index is 13.9. The molecule has 7 nitrogen and oxygen atoms in total. The summed E-state index contributed by atoms with van der Waals surface area (Å²) in [6, 6.07) is 26.9. The quantitative estimate of drug-likeness (QED) is 0.204. The third kappa shape index (κ3) is 8.76. The molecule has 0 saturated carbocycles. The number of nitrogens with zero attached hydrogens (tertiary/aromatic N) is 2. The first-order chi connectivity index (χ1) is 23.2. The number of hydrogen-bond donors (Lipinski definition) is 1. The number of rotatable bonds is 13. The summed E-state index contributed by atoms with van der Waals surface area (Å²) in [6.45, 7) is 8.57. The molecular formula is C40H54N2O5Si. The van der Waals surface area contributed by atoms with Gasteiger partial charge in [-0.15, -0.1) is 0 Å². The Morgan fingerprint density at radius 1 is 0.958 bits per heavy atom. The number of carbonyl (C=O) groups excluding carboxylic acids is 2. The van der Waals surface area contributed by atoms with Crippen molar-refractivity contribution in [3.8, 4) is 5.75 Å². The molecule has 48 heavy (non-hydrogen) atoms. The second-order valence-corrected chi connectivity index (χ2v) is 18.9. The number of aliphatic hydroxyl groups excluding tert-OH is 1. The van der Waals surface area contributed by atoms with Crippen LogP contribution in [0.4, 0.5) is 5.69 Å². The zero-order valence-corrected chi connectivity index (χ0v) is 30.3. The van der Waals surface area contributed by atoms with Crippen molar-refractivity contribution in [2.24, 2.45) is 5.92 Å². The summed E-state index contributed by atoms with van der Waals surface area (Å²) < 4.78 is 12.4. The summed E-state index contributed by atoms with van der Waals surface area (Å²) in [5.74, 6) is 1.33. The highest BCUT2D eigenvalue weighted by molar-refractivity contribution is 6.91. The van der Waals surface area contributed by atoms with Gasteiger partial charge in [0.05, 0.1) is 40.4 Å². The monoisotopic (exact) mass is 670 g/mol. The standard InChI is InChI=1S/C40H54N2O5Si/c1-30-36(23-18-31-15-12-16-33(27-31)42-24-11-6-5-10-17-38(42)44)47-37(40(30)48(3,4)35-21-19-34(46-2)20-22-35)28-39(45)41(25-26-43)29-32-13-8-7-9-14-32/h7-9,12-16,19-22,27,30,36-37,40,43H,5-6,10-11,17-18,23-26,28-29H2,1-4H3/t30-,36+,37-,40+/m0/s1. The number of amides is 2. The molecule has 2 saturated heterocycles. The van der Waals surface area contributed by atoms with Crippen LogP contribution in [-0.4, -0.2) is 68.9 Å². The van der Waals surface area contributed by atoms with Gasteiger partial charge in [-0.2, -0.15) is 0 Å². The maximum Gasteiger partial charge on any atom is 0.226 e. The van der Waals surface area contributed by atoms with E-state index in [0.29, 0.717) is 19.5 Å². The van der Waals surface area contributed by atoms with Crippen LogP contribution >= 0.6 is 0 Å². The van der Waals surface area contributed by atoms with Crippen LogP contribution in [0, 0.1) is 5.92 Å². The molecule has 2 fully saturated rings. The molecule has 2 aliphatic heterocycles. The van der Waals surface area contributed by atoms with E-state index in [-0.39, 0.29) is 48.5 Å². The molecule has 2 amide bonds. The van der Waals surface area contributed by atoms with Gasteiger partial charge in [0.25, 0.3) is 0 Å². The van der Waals surface area contributed by atoms with Crippen LogP contribution in [0.15, 0.2) is 78.9 Å². The summed E-state index contributed by atoms with van der Waals surface area (Å²) >= 11 is 0. The van der Waals surface area contributed by atoms with Gasteiger partial charge in [-0.3, -0.25) is 9.59 Å². The Kier molecular flexibility index (Phi) is 12.5. The Hall–Kier alpha value is -3.46. The van der Waals surface area contributed by atoms with E-state index in [0.717, 1.165) is 55.6 Å². The van der Waals surface area contributed by atoms with Crippen molar-refractivity contribution >= 4 is 30.8 Å². The normalized spacial score (nSPS) is 21.9. The summed E-state index contributed by atoms with van der Waals surface area (Å²) in [5.41, 5.74) is 3.47. The first-order valence-electron chi connectivity index (χ1n) is 17.8. The second-order valence-electron chi connectivity index (χ2n) is 14.2. The Bertz CT molecular complexity index is 1480. The molecule has 8 heteroatoms. The molecule has 0 unspecified atom stereocenters. The fraction of sp³-hybridized carbons (Fsp3) is 0.500. The van der Waals surface area contributed by atoms with Gasteiger partial charge in [-0.1, -0.05) is 92.6 Å². The van der Waals surface area contributed by atoms with Gasteiger partial charge < -0.3 is 24.4 Å². The van der Waals surface area contributed by atoms with E-state index in [1.807, 2.05) is 47.4 Å². The highest BCUT2D eigenvalue weighted by Gasteiger charge is 2.51. The number of carbonyl (C=O) groups is 2. The van der Waals surface area contributed by atoms with Crippen LogP contribution < -0.4 is 14.8 Å². The first kappa shape index (κ1) is 35.8. The van der Waals surface area contributed by atoms with Crippen LogP contribution in [0.2, 0.25) is 18.6 Å². The van der Waals surface area contributed by atoms with Crippen molar-refractivity contribution in [1.82, 2.24) is 4.90 Å². The van der Waals surface area contributed by atoms with Crippen molar-refractivity contribution < 1.29 is 24.2 Å². The van der Waals surface area contributed by atoms with Crippen molar-refractivity contribution in [1.29, 1.82) is 0 Å². The number of methoxy groups -OCH3 is 1. The molecule has 2 heterocycles. The molecule has 0 spiro atoms. The van der Waals surface area contributed by atoms with Gasteiger partial charge in [0, 0.05) is 31.7 Å². The summed E-state index contributed by atoms with van der Waals surface area (Å²) in [5, 5.41) is 11.2. The Morgan fingerprint density at radius 2 is 1.69 bits per heavy atom. The fourth-order valence-electron chi connectivity index (χ4n) is 7.98. The number of aliphatic hydroxyl groups is 1. The van der Waals surface area contributed by atoms with E-state index in [1.54, 1.807) is 12.0 Å². The van der Waals surface area contributed by atoms with Gasteiger partial charge in [0.15, 0.2) is 0 Å². The Morgan fingerprint density at radius 3 is 2.42 bits per heavy atom. The van der Waals surface area contributed by atoms with Crippen molar-refractivity contribution in [2.45, 2.75) is 95.7 Å². The Balaban J connectivity index is 1.35. The molecular weight excluding hydrogens is 617 g/mol. The SMILES string of the molecule is COc1ccc([Si](C)(C)[C@@H]2[C@@H](C)[C@@H](CCc3cccc(N4CCCCCCC4=O)c3)O[C@H]2CC(=O)N(CCO)Cc2ccccc2)cc1.